The average Bonchev–Trinajstić information content (AvgIpc) is 2.73. The molecular weight excluding hydrogens is 216 g/mol. The lowest BCUT2D eigenvalue weighted by atomic mass is 9.68. The third kappa shape index (κ3) is 1.68. The first-order valence-electron chi connectivity index (χ1n) is 6.14. The summed E-state index contributed by atoms with van der Waals surface area (Å²) in [6.07, 6.45) is 6.76. The molecule has 2 aliphatic rings. The monoisotopic (exact) mass is 232 g/mol. The van der Waals surface area contributed by atoms with Crippen molar-refractivity contribution in [2.75, 3.05) is 18.0 Å². The van der Waals surface area contributed by atoms with Gasteiger partial charge in [-0.05, 0) is 36.8 Å². The van der Waals surface area contributed by atoms with Gasteiger partial charge in [0.05, 0.1) is 0 Å². The molecule has 0 radical (unpaired) electrons. The smallest absolute Gasteiger partial charge is 0.339 e. The van der Waals surface area contributed by atoms with E-state index in [1.807, 2.05) is 0 Å². The molecule has 1 aromatic rings. The summed E-state index contributed by atoms with van der Waals surface area (Å²) in [4.78, 5) is 17.5. The molecule has 1 aromatic heterocycles. The summed E-state index contributed by atoms with van der Waals surface area (Å²) < 4.78 is 0. The van der Waals surface area contributed by atoms with Crippen molar-refractivity contribution < 1.29 is 9.90 Å². The average molecular weight is 232 g/mol. The van der Waals surface area contributed by atoms with Gasteiger partial charge in [-0.25, -0.2) is 9.78 Å². The highest BCUT2D eigenvalue weighted by atomic mass is 16.4. The Morgan fingerprint density at radius 1 is 1.41 bits per heavy atom. The molecule has 0 unspecified atom stereocenters. The molecule has 4 nitrogen and oxygen atoms in total. The second-order valence-corrected chi connectivity index (χ2v) is 5.20. The van der Waals surface area contributed by atoms with Crippen LogP contribution in [0.5, 0.6) is 0 Å². The number of nitrogens with zero attached hydrogens (tertiary/aromatic N) is 2. The van der Waals surface area contributed by atoms with Gasteiger partial charge >= 0.3 is 5.97 Å². The minimum atomic E-state index is -0.886. The van der Waals surface area contributed by atoms with E-state index >= 15 is 0 Å². The van der Waals surface area contributed by atoms with E-state index in [0.717, 1.165) is 13.1 Å². The predicted octanol–water partition coefficient (Wildman–Crippen LogP) is 2.16. The fourth-order valence-corrected chi connectivity index (χ4v) is 3.02. The van der Waals surface area contributed by atoms with E-state index in [-0.39, 0.29) is 0 Å². The summed E-state index contributed by atoms with van der Waals surface area (Å²) in [5.41, 5.74) is 0.789. The van der Waals surface area contributed by atoms with Crippen molar-refractivity contribution in [3.63, 3.8) is 0 Å². The van der Waals surface area contributed by atoms with E-state index in [4.69, 9.17) is 5.11 Å². The van der Waals surface area contributed by atoms with Crippen LogP contribution in [0.25, 0.3) is 0 Å². The zero-order chi connectivity index (χ0) is 11.9. The molecule has 1 aliphatic heterocycles. The topological polar surface area (TPSA) is 53.4 Å². The van der Waals surface area contributed by atoms with E-state index in [1.165, 1.54) is 25.7 Å². The lowest BCUT2D eigenvalue weighted by Gasteiger charge is -2.38. The van der Waals surface area contributed by atoms with Crippen LogP contribution >= 0.6 is 0 Å². The Morgan fingerprint density at radius 2 is 2.24 bits per heavy atom. The summed E-state index contributed by atoms with van der Waals surface area (Å²) in [5.74, 6) is -0.244. The first-order valence-corrected chi connectivity index (χ1v) is 6.14. The van der Waals surface area contributed by atoms with Gasteiger partial charge in [-0.1, -0.05) is 6.42 Å². The third-order valence-electron chi connectivity index (χ3n) is 4.17. The SMILES string of the molecule is O=C(O)c1cccnc1N1CCC2(CCC2)C1. The molecule has 0 atom stereocenters. The van der Waals surface area contributed by atoms with Crippen molar-refractivity contribution in [2.24, 2.45) is 5.41 Å². The molecule has 3 rings (SSSR count). The summed E-state index contributed by atoms with van der Waals surface area (Å²) in [6.45, 7) is 1.92. The summed E-state index contributed by atoms with van der Waals surface area (Å²) in [7, 11) is 0. The minimum absolute atomic E-state index is 0.323. The molecule has 0 bridgehead atoms. The van der Waals surface area contributed by atoms with Crippen LogP contribution in [0.15, 0.2) is 18.3 Å². The van der Waals surface area contributed by atoms with Crippen LogP contribution in [0.4, 0.5) is 5.82 Å². The number of anilines is 1. The molecule has 1 N–H and O–H groups in total. The minimum Gasteiger partial charge on any atom is -0.478 e. The summed E-state index contributed by atoms with van der Waals surface area (Å²) in [6, 6.07) is 3.32. The highest BCUT2D eigenvalue weighted by molar-refractivity contribution is 5.93. The number of carboxylic acid groups (broad SMARTS) is 1. The molecule has 2 fully saturated rings. The Labute approximate surface area is 100 Å². The quantitative estimate of drug-likeness (QED) is 0.849. The molecule has 1 spiro atoms. The standard InChI is InChI=1S/C13H16N2O2/c16-12(17)10-3-1-7-14-11(10)15-8-6-13(9-15)4-2-5-13/h1,3,7H,2,4-6,8-9H2,(H,16,17). The van der Waals surface area contributed by atoms with Crippen LogP contribution in [0.1, 0.15) is 36.0 Å². The maximum absolute atomic E-state index is 11.2. The number of hydrogen-bond acceptors (Lipinski definition) is 3. The molecular formula is C13H16N2O2. The Morgan fingerprint density at radius 3 is 2.82 bits per heavy atom. The maximum atomic E-state index is 11.2. The van der Waals surface area contributed by atoms with Gasteiger partial charge in [-0.15, -0.1) is 0 Å². The molecule has 1 saturated carbocycles. The van der Waals surface area contributed by atoms with Gasteiger partial charge < -0.3 is 10.0 Å². The number of carbonyl (C=O) groups is 1. The van der Waals surface area contributed by atoms with Crippen molar-refractivity contribution in [3.05, 3.63) is 23.9 Å². The maximum Gasteiger partial charge on any atom is 0.339 e. The predicted molar refractivity (Wildman–Crippen MR) is 64.3 cm³/mol. The van der Waals surface area contributed by atoms with E-state index in [1.54, 1.807) is 18.3 Å². The van der Waals surface area contributed by atoms with Crippen molar-refractivity contribution in [1.82, 2.24) is 4.98 Å². The van der Waals surface area contributed by atoms with Gasteiger partial charge in [0.25, 0.3) is 0 Å². The van der Waals surface area contributed by atoms with Crippen LogP contribution in [0.2, 0.25) is 0 Å². The van der Waals surface area contributed by atoms with Gasteiger partial charge in [0.1, 0.15) is 11.4 Å². The Kier molecular flexibility index (Phi) is 2.31. The van der Waals surface area contributed by atoms with Crippen LogP contribution in [0, 0.1) is 5.41 Å². The molecule has 1 saturated heterocycles. The normalized spacial score (nSPS) is 21.5. The molecule has 2 heterocycles. The number of carboxylic acids is 1. The number of hydrogen-bond donors (Lipinski definition) is 1. The van der Waals surface area contributed by atoms with Crippen LogP contribution in [-0.4, -0.2) is 29.1 Å². The second kappa shape index (κ2) is 3.72. The van der Waals surface area contributed by atoms with Gasteiger partial charge in [0.2, 0.25) is 0 Å². The van der Waals surface area contributed by atoms with Gasteiger partial charge in [0, 0.05) is 19.3 Å². The lowest BCUT2D eigenvalue weighted by Crippen LogP contribution is -2.33. The Bertz CT molecular complexity index is 454. The molecule has 0 aromatic carbocycles. The van der Waals surface area contributed by atoms with E-state index < -0.39 is 5.97 Å². The zero-order valence-electron chi connectivity index (χ0n) is 9.72. The van der Waals surface area contributed by atoms with E-state index in [2.05, 4.69) is 9.88 Å². The number of aromatic carboxylic acids is 1. The van der Waals surface area contributed by atoms with Crippen molar-refractivity contribution in [3.8, 4) is 0 Å². The van der Waals surface area contributed by atoms with Crippen molar-refractivity contribution in [1.29, 1.82) is 0 Å². The number of aromatic nitrogens is 1. The molecule has 4 heteroatoms. The largest absolute Gasteiger partial charge is 0.478 e. The highest BCUT2D eigenvalue weighted by Gasteiger charge is 2.43. The van der Waals surface area contributed by atoms with Crippen molar-refractivity contribution >= 4 is 11.8 Å². The van der Waals surface area contributed by atoms with Gasteiger partial charge in [-0.3, -0.25) is 0 Å². The molecule has 90 valence electrons. The lowest BCUT2D eigenvalue weighted by molar-refractivity contribution is 0.0697. The fraction of sp³-hybridized carbons (Fsp3) is 0.538. The first-order chi connectivity index (χ1) is 8.20. The zero-order valence-corrected chi connectivity index (χ0v) is 9.72. The van der Waals surface area contributed by atoms with Crippen molar-refractivity contribution in [2.45, 2.75) is 25.7 Å². The number of pyridine rings is 1. The molecule has 0 amide bonds. The van der Waals surface area contributed by atoms with E-state index in [0.29, 0.717) is 16.8 Å². The van der Waals surface area contributed by atoms with Crippen LogP contribution < -0.4 is 4.90 Å². The Balaban J connectivity index is 1.87. The van der Waals surface area contributed by atoms with Gasteiger partial charge in [-0.2, -0.15) is 0 Å². The Hall–Kier alpha value is -1.58. The highest BCUT2D eigenvalue weighted by Crippen LogP contribution is 2.48. The van der Waals surface area contributed by atoms with Gasteiger partial charge in [0.15, 0.2) is 0 Å². The third-order valence-corrected chi connectivity index (χ3v) is 4.17. The summed E-state index contributed by atoms with van der Waals surface area (Å²) >= 11 is 0. The first kappa shape index (κ1) is 10.6. The number of rotatable bonds is 2. The molecule has 1 aliphatic carbocycles. The second-order valence-electron chi connectivity index (χ2n) is 5.20. The van der Waals surface area contributed by atoms with E-state index in [9.17, 15) is 4.79 Å². The van der Waals surface area contributed by atoms with Crippen LogP contribution in [-0.2, 0) is 0 Å². The summed E-state index contributed by atoms with van der Waals surface area (Å²) in [5, 5.41) is 9.16. The fourth-order valence-electron chi connectivity index (χ4n) is 3.02. The van der Waals surface area contributed by atoms with Crippen LogP contribution in [0.3, 0.4) is 0 Å². The molecule has 17 heavy (non-hydrogen) atoms.